The second-order valence-electron chi connectivity index (χ2n) is 6.80. The Bertz CT molecular complexity index is 977. The number of halogens is 3. The lowest BCUT2D eigenvalue weighted by molar-refractivity contribution is 0.0547. The van der Waals surface area contributed by atoms with Gasteiger partial charge in [-0.1, -0.05) is 35.9 Å². The fourth-order valence-corrected chi connectivity index (χ4v) is 2.85. The van der Waals surface area contributed by atoms with Crippen LogP contribution in [0.2, 0.25) is 5.15 Å². The van der Waals surface area contributed by atoms with Gasteiger partial charge in [-0.3, -0.25) is 0 Å². The van der Waals surface area contributed by atoms with Gasteiger partial charge in [-0.2, -0.15) is 0 Å². The molecule has 2 aromatic heterocycles. The van der Waals surface area contributed by atoms with Crippen LogP contribution in [0.4, 0.5) is 13.6 Å². The zero-order valence-corrected chi connectivity index (χ0v) is 15.2. The van der Waals surface area contributed by atoms with Crippen molar-refractivity contribution >= 4 is 28.6 Å². The van der Waals surface area contributed by atoms with Gasteiger partial charge in [0.1, 0.15) is 10.8 Å². The van der Waals surface area contributed by atoms with Gasteiger partial charge in [-0.05, 0) is 26.8 Å². The van der Waals surface area contributed by atoms with E-state index in [9.17, 15) is 13.6 Å². The molecule has 2 heterocycles. The van der Waals surface area contributed by atoms with Gasteiger partial charge in [0, 0.05) is 28.8 Å². The average Bonchev–Trinajstić information content (AvgIpc) is 2.91. The lowest BCUT2D eigenvalue weighted by Crippen LogP contribution is -2.27. The molecule has 0 saturated heterocycles. The lowest BCUT2D eigenvalue weighted by atomic mass is 10.0. The predicted octanol–water partition coefficient (Wildman–Crippen LogP) is 6.08. The Morgan fingerprint density at radius 1 is 1.23 bits per heavy atom. The number of rotatable bonds is 2. The molecule has 26 heavy (non-hydrogen) atoms. The quantitative estimate of drug-likeness (QED) is 0.508. The third-order valence-electron chi connectivity index (χ3n) is 3.70. The summed E-state index contributed by atoms with van der Waals surface area (Å²) in [6, 6.07) is 9.19. The highest BCUT2D eigenvalue weighted by Crippen LogP contribution is 2.35. The maximum atomic E-state index is 13.5. The first kappa shape index (κ1) is 18.3. The Morgan fingerprint density at radius 3 is 2.58 bits per heavy atom. The number of ether oxygens (including phenoxy) is 1. The number of pyridine rings is 1. The molecule has 0 saturated carbocycles. The Balaban J connectivity index is 2.29. The van der Waals surface area contributed by atoms with Gasteiger partial charge in [0.25, 0.3) is 6.43 Å². The van der Waals surface area contributed by atoms with Crippen molar-refractivity contribution in [3.05, 3.63) is 53.3 Å². The van der Waals surface area contributed by atoms with E-state index in [1.807, 2.05) is 0 Å². The smallest absolute Gasteiger partial charge is 0.419 e. The first-order valence-corrected chi connectivity index (χ1v) is 8.33. The predicted molar refractivity (Wildman–Crippen MR) is 96.8 cm³/mol. The highest BCUT2D eigenvalue weighted by atomic mass is 35.5. The van der Waals surface area contributed by atoms with Crippen LogP contribution in [0.15, 0.2) is 42.6 Å². The van der Waals surface area contributed by atoms with Gasteiger partial charge < -0.3 is 4.74 Å². The van der Waals surface area contributed by atoms with Crippen molar-refractivity contribution in [2.75, 3.05) is 0 Å². The number of aromatic nitrogens is 2. The van der Waals surface area contributed by atoms with E-state index in [-0.39, 0.29) is 16.3 Å². The second kappa shape index (κ2) is 6.68. The molecule has 0 atom stereocenters. The number of hydrogen-bond acceptors (Lipinski definition) is 3. The SMILES string of the molecule is CC(C)(C)OC(=O)n1c(-c2ccccc2C(F)F)cc2cnc(Cl)cc21. The monoisotopic (exact) mass is 378 g/mol. The fraction of sp³-hybridized carbons (Fsp3) is 0.263. The highest BCUT2D eigenvalue weighted by Gasteiger charge is 2.25. The molecule has 0 fully saturated rings. The van der Waals surface area contributed by atoms with Crippen molar-refractivity contribution < 1.29 is 18.3 Å². The van der Waals surface area contributed by atoms with E-state index < -0.39 is 18.1 Å². The molecule has 0 bridgehead atoms. The molecule has 0 spiro atoms. The summed E-state index contributed by atoms with van der Waals surface area (Å²) in [5.41, 5.74) is 0.0803. The number of benzene rings is 1. The minimum atomic E-state index is -2.68. The molecule has 3 aromatic rings. The van der Waals surface area contributed by atoms with E-state index in [0.717, 1.165) is 0 Å². The van der Waals surface area contributed by atoms with Crippen LogP contribution in [0.3, 0.4) is 0 Å². The Labute approximate surface area is 154 Å². The van der Waals surface area contributed by atoms with Gasteiger partial charge in [0.2, 0.25) is 0 Å². The standard InChI is InChI=1S/C19H17ClF2N2O2/c1-19(2,3)26-18(25)24-14-9-16(20)23-10-11(14)8-15(24)12-6-4-5-7-13(12)17(21)22/h4-10,17H,1-3H3. The highest BCUT2D eigenvalue weighted by molar-refractivity contribution is 6.30. The molecule has 0 aliphatic heterocycles. The van der Waals surface area contributed by atoms with Gasteiger partial charge in [0.15, 0.2) is 0 Å². The maximum Gasteiger partial charge on any atom is 0.419 e. The summed E-state index contributed by atoms with van der Waals surface area (Å²) in [5.74, 6) is 0. The van der Waals surface area contributed by atoms with Gasteiger partial charge >= 0.3 is 6.09 Å². The van der Waals surface area contributed by atoms with Crippen molar-refractivity contribution in [1.82, 2.24) is 9.55 Å². The summed E-state index contributed by atoms with van der Waals surface area (Å²) in [5, 5.41) is 0.786. The topological polar surface area (TPSA) is 44.1 Å². The Kier molecular flexibility index (Phi) is 4.71. The number of nitrogens with zero attached hydrogens (tertiary/aromatic N) is 2. The molecule has 0 aliphatic carbocycles. The van der Waals surface area contributed by atoms with Gasteiger partial charge in [0.05, 0.1) is 11.2 Å². The zero-order chi connectivity index (χ0) is 19.1. The van der Waals surface area contributed by atoms with E-state index in [0.29, 0.717) is 16.6 Å². The van der Waals surface area contributed by atoms with Crippen molar-refractivity contribution in [2.24, 2.45) is 0 Å². The molecule has 7 heteroatoms. The third kappa shape index (κ3) is 3.55. The molecular weight excluding hydrogens is 362 g/mol. The van der Waals surface area contributed by atoms with Gasteiger partial charge in [-0.15, -0.1) is 0 Å². The van der Waals surface area contributed by atoms with Crippen LogP contribution < -0.4 is 0 Å². The maximum absolute atomic E-state index is 13.5. The molecule has 0 amide bonds. The number of hydrogen-bond donors (Lipinski definition) is 0. The minimum Gasteiger partial charge on any atom is -0.443 e. The van der Waals surface area contributed by atoms with Gasteiger partial charge in [-0.25, -0.2) is 23.1 Å². The van der Waals surface area contributed by atoms with Crippen LogP contribution in [0.25, 0.3) is 22.2 Å². The third-order valence-corrected chi connectivity index (χ3v) is 3.91. The zero-order valence-electron chi connectivity index (χ0n) is 14.5. The molecule has 0 radical (unpaired) electrons. The summed E-state index contributed by atoms with van der Waals surface area (Å²) in [4.78, 5) is 16.8. The molecule has 4 nitrogen and oxygen atoms in total. The molecule has 0 unspecified atom stereocenters. The molecule has 0 N–H and O–H groups in total. The molecule has 0 aliphatic rings. The largest absolute Gasteiger partial charge is 0.443 e. The Hall–Kier alpha value is -2.47. The fourth-order valence-electron chi connectivity index (χ4n) is 2.70. The van der Waals surface area contributed by atoms with E-state index in [4.69, 9.17) is 16.3 Å². The number of carbonyl (C=O) groups excluding carboxylic acids is 1. The van der Waals surface area contributed by atoms with Crippen molar-refractivity contribution in [1.29, 1.82) is 0 Å². The van der Waals surface area contributed by atoms with Crippen LogP contribution in [0.5, 0.6) is 0 Å². The first-order chi connectivity index (χ1) is 12.2. The van der Waals surface area contributed by atoms with E-state index in [1.54, 1.807) is 39.0 Å². The van der Waals surface area contributed by atoms with E-state index in [1.165, 1.54) is 29.0 Å². The van der Waals surface area contributed by atoms with Crippen LogP contribution in [-0.2, 0) is 4.74 Å². The first-order valence-electron chi connectivity index (χ1n) is 7.95. The van der Waals surface area contributed by atoms with Crippen LogP contribution >= 0.6 is 11.6 Å². The second-order valence-corrected chi connectivity index (χ2v) is 7.19. The van der Waals surface area contributed by atoms with Crippen molar-refractivity contribution in [2.45, 2.75) is 32.8 Å². The van der Waals surface area contributed by atoms with Crippen molar-refractivity contribution in [3.8, 4) is 11.3 Å². The summed E-state index contributed by atoms with van der Waals surface area (Å²) in [6.45, 7) is 5.20. The number of alkyl halides is 2. The van der Waals surface area contributed by atoms with Crippen molar-refractivity contribution in [3.63, 3.8) is 0 Å². The summed E-state index contributed by atoms with van der Waals surface area (Å²) < 4.78 is 33.7. The summed E-state index contributed by atoms with van der Waals surface area (Å²) in [7, 11) is 0. The molecule has 1 aromatic carbocycles. The normalized spacial score (nSPS) is 12.0. The van der Waals surface area contributed by atoms with E-state index >= 15 is 0 Å². The van der Waals surface area contributed by atoms with Crippen LogP contribution in [0, 0.1) is 0 Å². The molecule has 3 rings (SSSR count). The number of carbonyl (C=O) groups is 1. The average molecular weight is 379 g/mol. The lowest BCUT2D eigenvalue weighted by Gasteiger charge is -2.21. The molecular formula is C19H17ClF2N2O2. The van der Waals surface area contributed by atoms with Crippen LogP contribution in [0.1, 0.15) is 32.8 Å². The van der Waals surface area contributed by atoms with Crippen LogP contribution in [-0.4, -0.2) is 21.2 Å². The Morgan fingerprint density at radius 2 is 1.92 bits per heavy atom. The summed E-state index contributed by atoms with van der Waals surface area (Å²) in [6.07, 6.45) is -1.86. The number of fused-ring (bicyclic) bond motifs is 1. The summed E-state index contributed by atoms with van der Waals surface area (Å²) >= 11 is 5.97. The van der Waals surface area contributed by atoms with E-state index in [2.05, 4.69) is 4.98 Å². The molecule has 136 valence electrons. The minimum absolute atomic E-state index is 0.167.